The third-order valence-electron chi connectivity index (χ3n) is 5.11. The average Bonchev–Trinajstić information content (AvgIpc) is 2.92. The van der Waals surface area contributed by atoms with Crippen LogP contribution in [0.15, 0.2) is 53.4 Å². The van der Waals surface area contributed by atoms with Crippen LogP contribution in [0.2, 0.25) is 0 Å². The molecule has 7 heteroatoms. The summed E-state index contributed by atoms with van der Waals surface area (Å²) in [6.07, 6.45) is 1.92. The number of para-hydroxylation sites is 1. The predicted octanol–water partition coefficient (Wildman–Crippen LogP) is 3.94. The minimum absolute atomic E-state index is 0.340. The lowest BCUT2D eigenvalue weighted by Gasteiger charge is -2.23. The van der Waals surface area contributed by atoms with E-state index < -0.39 is 23.4 Å². The molecule has 0 spiro atoms. The number of hydrogen-bond donors (Lipinski definition) is 2. The van der Waals surface area contributed by atoms with Crippen molar-refractivity contribution in [3.05, 3.63) is 59.7 Å². The smallest absolute Gasteiger partial charge is 0.324 e. The highest BCUT2D eigenvalue weighted by molar-refractivity contribution is 7.98. The van der Waals surface area contributed by atoms with Crippen molar-refractivity contribution in [3.63, 3.8) is 0 Å². The Balaban J connectivity index is 1.75. The molecule has 4 amide bonds. The summed E-state index contributed by atoms with van der Waals surface area (Å²) in [6, 6.07) is 14.4. The second-order valence-corrected chi connectivity index (χ2v) is 8.32. The molecule has 0 aliphatic carbocycles. The van der Waals surface area contributed by atoms with Crippen molar-refractivity contribution in [3.8, 4) is 0 Å². The van der Waals surface area contributed by atoms with Crippen LogP contribution in [0.5, 0.6) is 0 Å². The second-order valence-electron chi connectivity index (χ2n) is 7.47. The third kappa shape index (κ3) is 4.15. The fourth-order valence-electron chi connectivity index (χ4n) is 3.32. The second kappa shape index (κ2) is 8.29. The fraction of sp³-hybridized carbons (Fsp3) is 0.318. The summed E-state index contributed by atoms with van der Waals surface area (Å²) in [4.78, 5) is 39.9. The van der Waals surface area contributed by atoms with Crippen molar-refractivity contribution in [2.24, 2.45) is 0 Å². The summed E-state index contributed by atoms with van der Waals surface area (Å²) in [5, 5.41) is 5.52. The Morgan fingerprint density at radius 3 is 2.41 bits per heavy atom. The maximum atomic E-state index is 13.0. The van der Waals surface area contributed by atoms with Gasteiger partial charge in [0.2, 0.25) is 5.91 Å². The molecule has 1 saturated heterocycles. The Labute approximate surface area is 175 Å². The SMILES string of the molecule is CSc1ccccc1NC(=O)CN1C(=O)N[C@](C)(c2ccc(C(C)C)cc2)C1=O. The maximum absolute atomic E-state index is 13.0. The lowest BCUT2D eigenvalue weighted by molar-refractivity contribution is -0.133. The molecular formula is C22H25N3O3S. The molecule has 1 aliphatic rings. The summed E-state index contributed by atoms with van der Waals surface area (Å²) in [5.41, 5.74) is 1.31. The van der Waals surface area contributed by atoms with Gasteiger partial charge < -0.3 is 10.6 Å². The Hall–Kier alpha value is -2.80. The number of rotatable bonds is 6. The minimum Gasteiger partial charge on any atom is -0.324 e. The minimum atomic E-state index is -1.19. The zero-order chi connectivity index (χ0) is 21.2. The Kier molecular flexibility index (Phi) is 5.98. The zero-order valence-corrected chi connectivity index (χ0v) is 17.8. The lowest BCUT2D eigenvalue weighted by atomic mass is 9.90. The van der Waals surface area contributed by atoms with E-state index in [0.29, 0.717) is 17.2 Å². The van der Waals surface area contributed by atoms with Crippen molar-refractivity contribution in [1.29, 1.82) is 0 Å². The van der Waals surface area contributed by atoms with Gasteiger partial charge in [0.15, 0.2) is 0 Å². The topological polar surface area (TPSA) is 78.5 Å². The van der Waals surface area contributed by atoms with Crippen molar-refractivity contribution in [2.75, 3.05) is 18.1 Å². The molecule has 2 aromatic carbocycles. The molecule has 29 heavy (non-hydrogen) atoms. The number of benzene rings is 2. The van der Waals surface area contributed by atoms with Gasteiger partial charge in [-0.2, -0.15) is 0 Å². The van der Waals surface area contributed by atoms with Crippen LogP contribution in [0, 0.1) is 0 Å². The van der Waals surface area contributed by atoms with Crippen molar-refractivity contribution < 1.29 is 14.4 Å². The fourth-order valence-corrected chi connectivity index (χ4v) is 3.87. The standard InChI is InChI=1S/C22H25N3O3S/c1-14(2)15-9-11-16(12-10-15)22(3)20(27)25(21(28)24-22)13-19(26)23-17-7-5-6-8-18(17)29-4/h5-12,14H,13H2,1-4H3,(H,23,26)(H,24,28)/t22-/m1/s1. The van der Waals surface area contributed by atoms with Crippen LogP contribution >= 0.6 is 11.8 Å². The Bertz CT molecular complexity index is 943. The van der Waals surface area contributed by atoms with Gasteiger partial charge in [-0.1, -0.05) is 50.2 Å². The predicted molar refractivity (Wildman–Crippen MR) is 115 cm³/mol. The van der Waals surface area contributed by atoms with Crippen LogP contribution in [-0.4, -0.2) is 35.5 Å². The first kappa shape index (κ1) is 20.9. The molecule has 0 radical (unpaired) electrons. The first-order valence-corrected chi connectivity index (χ1v) is 10.7. The summed E-state index contributed by atoms with van der Waals surface area (Å²) >= 11 is 1.51. The van der Waals surface area contributed by atoms with Gasteiger partial charge in [-0.25, -0.2) is 4.79 Å². The molecule has 1 fully saturated rings. The number of hydrogen-bond acceptors (Lipinski definition) is 4. The number of imide groups is 1. The molecule has 152 valence electrons. The van der Waals surface area contributed by atoms with Crippen LogP contribution in [0.3, 0.4) is 0 Å². The lowest BCUT2D eigenvalue weighted by Crippen LogP contribution is -2.42. The van der Waals surface area contributed by atoms with Crippen LogP contribution in [0.25, 0.3) is 0 Å². The van der Waals surface area contributed by atoms with Crippen molar-refractivity contribution >= 4 is 35.3 Å². The zero-order valence-electron chi connectivity index (χ0n) is 17.0. The largest absolute Gasteiger partial charge is 0.325 e. The van der Waals surface area contributed by atoms with E-state index in [9.17, 15) is 14.4 Å². The number of urea groups is 1. The van der Waals surface area contributed by atoms with E-state index in [1.807, 2.05) is 48.7 Å². The van der Waals surface area contributed by atoms with E-state index in [1.54, 1.807) is 13.0 Å². The van der Waals surface area contributed by atoms with Gasteiger partial charge in [-0.05, 0) is 42.4 Å². The van der Waals surface area contributed by atoms with Crippen LogP contribution in [-0.2, 0) is 15.1 Å². The highest BCUT2D eigenvalue weighted by atomic mass is 32.2. The first-order chi connectivity index (χ1) is 13.8. The highest BCUT2D eigenvalue weighted by Crippen LogP contribution is 2.30. The molecular weight excluding hydrogens is 386 g/mol. The number of thioether (sulfide) groups is 1. The molecule has 2 N–H and O–H groups in total. The highest BCUT2D eigenvalue weighted by Gasteiger charge is 2.49. The van der Waals surface area contributed by atoms with Gasteiger partial charge in [-0.3, -0.25) is 14.5 Å². The maximum Gasteiger partial charge on any atom is 0.325 e. The van der Waals surface area contributed by atoms with Gasteiger partial charge in [0.25, 0.3) is 5.91 Å². The molecule has 6 nitrogen and oxygen atoms in total. The van der Waals surface area contributed by atoms with Gasteiger partial charge in [0.05, 0.1) is 5.69 Å². The average molecular weight is 412 g/mol. The molecule has 3 rings (SSSR count). The van der Waals surface area contributed by atoms with E-state index in [4.69, 9.17) is 0 Å². The first-order valence-electron chi connectivity index (χ1n) is 9.43. The molecule has 1 heterocycles. The number of carbonyl (C=O) groups is 3. The number of carbonyl (C=O) groups excluding carboxylic acids is 3. The van der Waals surface area contributed by atoms with E-state index in [-0.39, 0.29) is 6.54 Å². The van der Waals surface area contributed by atoms with Gasteiger partial charge in [-0.15, -0.1) is 11.8 Å². The number of nitrogens with zero attached hydrogens (tertiary/aromatic N) is 1. The molecule has 1 atom stereocenters. The Morgan fingerprint density at radius 2 is 1.79 bits per heavy atom. The van der Waals surface area contributed by atoms with Crippen LogP contribution in [0.4, 0.5) is 10.5 Å². The van der Waals surface area contributed by atoms with Crippen molar-refractivity contribution in [2.45, 2.75) is 37.1 Å². The number of nitrogens with one attached hydrogen (secondary N) is 2. The molecule has 1 aliphatic heterocycles. The summed E-state index contributed by atoms with van der Waals surface area (Å²) < 4.78 is 0. The number of amides is 4. The van der Waals surface area contributed by atoms with Crippen molar-refractivity contribution in [1.82, 2.24) is 10.2 Å². The van der Waals surface area contributed by atoms with E-state index in [1.165, 1.54) is 11.8 Å². The van der Waals surface area contributed by atoms with Gasteiger partial charge >= 0.3 is 6.03 Å². The van der Waals surface area contributed by atoms with Crippen LogP contribution in [0.1, 0.15) is 37.8 Å². The Morgan fingerprint density at radius 1 is 1.14 bits per heavy atom. The normalized spacial score (nSPS) is 18.9. The molecule has 0 unspecified atom stereocenters. The van der Waals surface area contributed by atoms with Gasteiger partial charge in [0.1, 0.15) is 12.1 Å². The quantitative estimate of drug-likeness (QED) is 0.558. The molecule has 2 aromatic rings. The monoisotopic (exact) mass is 411 g/mol. The summed E-state index contributed by atoms with van der Waals surface area (Å²) in [5.74, 6) is -0.488. The molecule has 0 saturated carbocycles. The molecule has 0 aromatic heterocycles. The van der Waals surface area contributed by atoms with Gasteiger partial charge in [0, 0.05) is 4.90 Å². The van der Waals surface area contributed by atoms with Crippen LogP contribution < -0.4 is 10.6 Å². The van der Waals surface area contributed by atoms with E-state index >= 15 is 0 Å². The number of anilines is 1. The molecule has 0 bridgehead atoms. The summed E-state index contributed by atoms with van der Waals surface area (Å²) in [7, 11) is 0. The third-order valence-corrected chi connectivity index (χ3v) is 5.91. The van der Waals surface area contributed by atoms with E-state index in [0.717, 1.165) is 15.4 Å². The van der Waals surface area contributed by atoms with E-state index in [2.05, 4.69) is 24.5 Å². The summed E-state index contributed by atoms with van der Waals surface area (Å²) in [6.45, 7) is 5.51.